The molecule has 9 heteroatoms. The van der Waals surface area contributed by atoms with Gasteiger partial charge in [0, 0.05) is 24.0 Å². The Balaban J connectivity index is 1.93. The maximum Gasteiger partial charge on any atom is 0.269 e. The molecule has 0 saturated carbocycles. The quantitative estimate of drug-likeness (QED) is 0.431. The Bertz CT molecular complexity index is 896. The van der Waals surface area contributed by atoms with Crippen molar-refractivity contribution in [3.63, 3.8) is 0 Å². The number of allylic oxidation sites excluding steroid dienone is 1. The third-order valence-corrected chi connectivity index (χ3v) is 4.08. The van der Waals surface area contributed by atoms with Gasteiger partial charge in [-0.3, -0.25) is 14.9 Å². The summed E-state index contributed by atoms with van der Waals surface area (Å²) in [6.07, 6.45) is 1.58. The minimum Gasteiger partial charge on any atom is -0.351 e. The summed E-state index contributed by atoms with van der Waals surface area (Å²) >= 11 is 5.19. The number of non-ortho nitro benzene ring substituents is 1. The van der Waals surface area contributed by atoms with Crippen molar-refractivity contribution in [2.24, 2.45) is 0 Å². The highest BCUT2D eigenvalue weighted by atomic mass is 32.1. The molecule has 0 spiro atoms. The van der Waals surface area contributed by atoms with Crippen LogP contribution in [0.1, 0.15) is 18.5 Å². The average molecular weight is 369 g/mol. The number of carbonyl (C=O) groups excluding carboxylic acids is 1. The molecule has 2 aromatic rings. The van der Waals surface area contributed by atoms with E-state index in [0.29, 0.717) is 27.8 Å². The van der Waals surface area contributed by atoms with E-state index in [1.807, 2.05) is 0 Å². The summed E-state index contributed by atoms with van der Waals surface area (Å²) in [5, 5.41) is 19.9. The van der Waals surface area contributed by atoms with Crippen molar-refractivity contribution in [3.05, 3.63) is 75.6 Å². The topological polar surface area (TPSA) is 109 Å². The number of pyridine rings is 1. The zero-order valence-corrected chi connectivity index (χ0v) is 14.5. The van der Waals surface area contributed by atoms with Gasteiger partial charge in [0.1, 0.15) is 5.82 Å². The molecule has 0 radical (unpaired) electrons. The SMILES string of the molecule is CC1=C(C(=O)Nc2ccccn2)C(c2ccc([N+](=O)[O-])cc2)NC(=S)N1. The lowest BCUT2D eigenvalue weighted by Gasteiger charge is -2.30. The Labute approximate surface area is 154 Å². The first-order valence-electron chi connectivity index (χ1n) is 7.70. The summed E-state index contributed by atoms with van der Waals surface area (Å²) in [6.45, 7) is 1.75. The van der Waals surface area contributed by atoms with Crippen LogP contribution in [0.4, 0.5) is 11.5 Å². The van der Waals surface area contributed by atoms with Crippen LogP contribution in [0.3, 0.4) is 0 Å². The van der Waals surface area contributed by atoms with Gasteiger partial charge in [-0.15, -0.1) is 0 Å². The summed E-state index contributed by atoms with van der Waals surface area (Å²) in [4.78, 5) is 27.3. The minimum absolute atomic E-state index is 0.0227. The highest BCUT2D eigenvalue weighted by Crippen LogP contribution is 2.28. The molecular formula is C17H15N5O3S. The van der Waals surface area contributed by atoms with E-state index in [4.69, 9.17) is 12.2 Å². The Morgan fingerprint density at radius 1 is 1.27 bits per heavy atom. The molecule has 2 heterocycles. The lowest BCUT2D eigenvalue weighted by atomic mass is 9.95. The van der Waals surface area contributed by atoms with Gasteiger partial charge in [0.2, 0.25) is 0 Å². The molecule has 3 rings (SSSR count). The average Bonchev–Trinajstić information content (AvgIpc) is 2.61. The normalized spacial score (nSPS) is 16.5. The maximum atomic E-state index is 12.8. The van der Waals surface area contributed by atoms with Crippen molar-refractivity contribution in [1.29, 1.82) is 0 Å². The zero-order valence-electron chi connectivity index (χ0n) is 13.7. The van der Waals surface area contributed by atoms with Gasteiger partial charge in [0.05, 0.1) is 16.5 Å². The van der Waals surface area contributed by atoms with Crippen LogP contribution in [0.15, 0.2) is 59.9 Å². The van der Waals surface area contributed by atoms with Crippen molar-refractivity contribution in [1.82, 2.24) is 15.6 Å². The van der Waals surface area contributed by atoms with Crippen LogP contribution in [-0.2, 0) is 4.79 Å². The zero-order chi connectivity index (χ0) is 18.7. The van der Waals surface area contributed by atoms with Crippen LogP contribution in [0.2, 0.25) is 0 Å². The molecule has 1 unspecified atom stereocenters. The van der Waals surface area contributed by atoms with E-state index < -0.39 is 11.0 Å². The number of nitrogens with one attached hydrogen (secondary N) is 3. The molecule has 8 nitrogen and oxygen atoms in total. The predicted molar refractivity (Wildman–Crippen MR) is 100 cm³/mol. The summed E-state index contributed by atoms with van der Waals surface area (Å²) in [5.41, 5.74) is 1.69. The van der Waals surface area contributed by atoms with Crippen molar-refractivity contribution < 1.29 is 9.72 Å². The first-order chi connectivity index (χ1) is 12.5. The largest absolute Gasteiger partial charge is 0.351 e. The van der Waals surface area contributed by atoms with Gasteiger partial charge in [-0.05, 0) is 49.0 Å². The lowest BCUT2D eigenvalue weighted by molar-refractivity contribution is -0.384. The van der Waals surface area contributed by atoms with Crippen molar-refractivity contribution in [3.8, 4) is 0 Å². The van der Waals surface area contributed by atoms with E-state index in [-0.39, 0.29) is 11.6 Å². The number of anilines is 1. The molecule has 1 aromatic heterocycles. The number of rotatable bonds is 4. The number of carbonyl (C=O) groups is 1. The molecule has 132 valence electrons. The molecule has 0 bridgehead atoms. The molecule has 3 N–H and O–H groups in total. The number of nitro groups is 1. The van der Waals surface area contributed by atoms with Gasteiger partial charge in [-0.2, -0.15) is 0 Å². The number of thiocarbonyl (C=S) groups is 1. The number of hydrogen-bond acceptors (Lipinski definition) is 5. The van der Waals surface area contributed by atoms with E-state index in [1.54, 1.807) is 43.5 Å². The lowest BCUT2D eigenvalue weighted by Crippen LogP contribution is -2.45. The first kappa shape index (κ1) is 17.5. The fourth-order valence-electron chi connectivity index (χ4n) is 2.65. The highest BCUT2D eigenvalue weighted by Gasteiger charge is 2.30. The number of amides is 1. The van der Waals surface area contributed by atoms with Gasteiger partial charge in [0.15, 0.2) is 5.11 Å². The van der Waals surface area contributed by atoms with Gasteiger partial charge >= 0.3 is 0 Å². The number of nitro benzene ring substituents is 1. The van der Waals surface area contributed by atoms with Gasteiger partial charge in [0.25, 0.3) is 11.6 Å². The molecular weight excluding hydrogens is 354 g/mol. The Morgan fingerprint density at radius 3 is 2.62 bits per heavy atom. The molecule has 1 aliphatic rings. The number of nitrogens with zero attached hydrogens (tertiary/aromatic N) is 2. The van der Waals surface area contributed by atoms with Crippen LogP contribution in [0.25, 0.3) is 0 Å². The summed E-state index contributed by atoms with van der Waals surface area (Å²) < 4.78 is 0. The Kier molecular flexibility index (Phi) is 4.90. The van der Waals surface area contributed by atoms with Gasteiger partial charge in [-0.1, -0.05) is 6.07 Å². The maximum absolute atomic E-state index is 12.8. The summed E-state index contributed by atoms with van der Waals surface area (Å²) in [7, 11) is 0. The van der Waals surface area contributed by atoms with E-state index in [9.17, 15) is 14.9 Å². The second kappa shape index (κ2) is 7.28. The van der Waals surface area contributed by atoms with Crippen LogP contribution in [0.5, 0.6) is 0 Å². The monoisotopic (exact) mass is 369 g/mol. The summed E-state index contributed by atoms with van der Waals surface area (Å²) in [6, 6.07) is 10.7. The molecule has 26 heavy (non-hydrogen) atoms. The third kappa shape index (κ3) is 3.67. The number of aromatic nitrogens is 1. The fraction of sp³-hybridized carbons (Fsp3) is 0.118. The molecule has 0 aliphatic carbocycles. The Morgan fingerprint density at radius 2 is 2.00 bits per heavy atom. The molecule has 0 fully saturated rings. The Hall–Kier alpha value is -3.33. The van der Waals surface area contributed by atoms with Crippen molar-refractivity contribution >= 4 is 34.7 Å². The third-order valence-electron chi connectivity index (χ3n) is 3.86. The van der Waals surface area contributed by atoms with Crippen molar-refractivity contribution in [2.75, 3.05) is 5.32 Å². The highest BCUT2D eigenvalue weighted by molar-refractivity contribution is 7.80. The van der Waals surface area contributed by atoms with Crippen LogP contribution >= 0.6 is 12.2 Å². The van der Waals surface area contributed by atoms with Gasteiger partial charge in [-0.25, -0.2) is 4.98 Å². The van der Waals surface area contributed by atoms with Crippen LogP contribution in [0, 0.1) is 10.1 Å². The molecule has 1 atom stereocenters. The van der Waals surface area contributed by atoms with E-state index in [2.05, 4.69) is 20.9 Å². The van der Waals surface area contributed by atoms with Crippen molar-refractivity contribution in [2.45, 2.75) is 13.0 Å². The molecule has 1 amide bonds. The second-order valence-electron chi connectivity index (χ2n) is 5.59. The summed E-state index contributed by atoms with van der Waals surface area (Å²) in [5.74, 6) is 0.0838. The first-order valence-corrected chi connectivity index (χ1v) is 8.11. The predicted octanol–water partition coefficient (Wildman–Crippen LogP) is 2.42. The molecule has 1 aromatic carbocycles. The van der Waals surface area contributed by atoms with E-state index in [0.717, 1.165) is 0 Å². The second-order valence-corrected chi connectivity index (χ2v) is 6.00. The smallest absolute Gasteiger partial charge is 0.269 e. The fourth-order valence-corrected chi connectivity index (χ4v) is 2.92. The number of benzene rings is 1. The molecule has 0 saturated heterocycles. The van der Waals surface area contributed by atoms with Crippen LogP contribution < -0.4 is 16.0 Å². The minimum atomic E-state index is -0.534. The van der Waals surface area contributed by atoms with Crippen LogP contribution in [-0.4, -0.2) is 20.9 Å². The standard InChI is InChI=1S/C17H15N5O3S/c1-10-14(16(23)20-13-4-2-3-9-18-13)15(21-17(26)19-10)11-5-7-12(8-6-11)22(24)25/h2-9,15H,1H3,(H,18,20,23)(H2,19,21,26). The van der Waals surface area contributed by atoms with E-state index >= 15 is 0 Å². The number of hydrogen-bond donors (Lipinski definition) is 3. The van der Waals surface area contributed by atoms with Gasteiger partial charge < -0.3 is 16.0 Å². The van der Waals surface area contributed by atoms with E-state index in [1.165, 1.54) is 12.1 Å². The molecule has 1 aliphatic heterocycles.